The van der Waals surface area contributed by atoms with Crippen molar-refractivity contribution in [3.05, 3.63) is 18.5 Å². The monoisotopic (exact) mass is 223 g/mol. The van der Waals surface area contributed by atoms with Gasteiger partial charge in [-0.3, -0.25) is 4.68 Å². The topological polar surface area (TPSA) is 50.1 Å². The number of aliphatic hydroxyl groups excluding tert-OH is 1. The third-order valence-electron chi connectivity index (χ3n) is 3.53. The minimum Gasteiger partial charge on any atom is -0.396 e. The van der Waals surface area contributed by atoms with E-state index in [1.54, 1.807) is 6.20 Å². The van der Waals surface area contributed by atoms with Crippen LogP contribution in [0.5, 0.6) is 0 Å². The van der Waals surface area contributed by atoms with E-state index in [0.29, 0.717) is 18.4 Å². The Balaban J connectivity index is 1.61. The van der Waals surface area contributed by atoms with Crippen LogP contribution in [0.4, 0.5) is 0 Å². The Labute approximate surface area is 96.7 Å². The number of aromatic nitrogens is 2. The molecule has 0 aliphatic heterocycles. The second kappa shape index (κ2) is 6.01. The van der Waals surface area contributed by atoms with Crippen molar-refractivity contribution in [1.29, 1.82) is 0 Å². The Morgan fingerprint density at radius 1 is 1.38 bits per heavy atom. The molecule has 1 fully saturated rings. The molecule has 2 atom stereocenters. The molecule has 16 heavy (non-hydrogen) atoms. The van der Waals surface area contributed by atoms with E-state index in [0.717, 1.165) is 19.6 Å². The van der Waals surface area contributed by atoms with Gasteiger partial charge in [-0.15, -0.1) is 0 Å². The van der Waals surface area contributed by atoms with Gasteiger partial charge in [0.05, 0.1) is 6.54 Å². The summed E-state index contributed by atoms with van der Waals surface area (Å²) in [5.41, 5.74) is 0. The number of rotatable bonds is 6. The maximum atomic E-state index is 9.20. The molecule has 1 heterocycles. The van der Waals surface area contributed by atoms with E-state index in [-0.39, 0.29) is 0 Å². The predicted octanol–water partition coefficient (Wildman–Crippen LogP) is 0.881. The van der Waals surface area contributed by atoms with Crippen molar-refractivity contribution in [2.75, 3.05) is 19.7 Å². The maximum absolute atomic E-state index is 9.20. The molecule has 0 spiro atoms. The summed E-state index contributed by atoms with van der Waals surface area (Å²) in [5.74, 6) is 1.19. The first-order valence-electron chi connectivity index (χ1n) is 6.19. The van der Waals surface area contributed by atoms with Gasteiger partial charge < -0.3 is 10.4 Å². The number of hydrogen-bond acceptors (Lipinski definition) is 3. The fourth-order valence-corrected chi connectivity index (χ4v) is 2.54. The van der Waals surface area contributed by atoms with E-state index in [9.17, 15) is 5.11 Å². The first kappa shape index (κ1) is 11.6. The molecule has 90 valence electrons. The van der Waals surface area contributed by atoms with Crippen LogP contribution in [0, 0.1) is 11.8 Å². The van der Waals surface area contributed by atoms with Gasteiger partial charge >= 0.3 is 0 Å². The Hall–Kier alpha value is -0.870. The van der Waals surface area contributed by atoms with E-state index in [1.807, 2.05) is 16.9 Å². The van der Waals surface area contributed by atoms with Gasteiger partial charge in [0.15, 0.2) is 0 Å². The van der Waals surface area contributed by atoms with Gasteiger partial charge in [-0.05, 0) is 37.3 Å². The van der Waals surface area contributed by atoms with E-state index in [1.165, 1.54) is 19.3 Å². The third-order valence-corrected chi connectivity index (χ3v) is 3.53. The highest BCUT2D eigenvalue weighted by atomic mass is 16.3. The van der Waals surface area contributed by atoms with Crippen LogP contribution in [0.15, 0.2) is 18.5 Å². The molecule has 1 aliphatic carbocycles. The minimum atomic E-state index is 0.353. The molecule has 1 aliphatic rings. The highest BCUT2D eigenvalue weighted by Crippen LogP contribution is 2.30. The van der Waals surface area contributed by atoms with Crippen molar-refractivity contribution in [3.63, 3.8) is 0 Å². The van der Waals surface area contributed by atoms with Crippen molar-refractivity contribution in [2.24, 2.45) is 11.8 Å². The minimum absolute atomic E-state index is 0.353. The van der Waals surface area contributed by atoms with Gasteiger partial charge in [0.2, 0.25) is 0 Å². The van der Waals surface area contributed by atoms with Gasteiger partial charge in [-0.1, -0.05) is 6.42 Å². The lowest BCUT2D eigenvalue weighted by atomic mass is 9.97. The average Bonchev–Trinajstić information content (AvgIpc) is 2.95. The fourth-order valence-electron chi connectivity index (χ4n) is 2.54. The van der Waals surface area contributed by atoms with Gasteiger partial charge in [0, 0.05) is 25.5 Å². The molecule has 2 rings (SSSR count). The van der Waals surface area contributed by atoms with Crippen molar-refractivity contribution in [2.45, 2.75) is 25.8 Å². The second-order valence-electron chi connectivity index (χ2n) is 4.61. The molecule has 2 N–H and O–H groups in total. The molecule has 1 aromatic rings. The molecule has 0 radical (unpaired) electrons. The molecule has 0 aromatic carbocycles. The van der Waals surface area contributed by atoms with E-state index < -0.39 is 0 Å². The van der Waals surface area contributed by atoms with E-state index >= 15 is 0 Å². The number of nitrogens with zero attached hydrogens (tertiary/aromatic N) is 2. The molecule has 1 aromatic heterocycles. The largest absolute Gasteiger partial charge is 0.396 e. The van der Waals surface area contributed by atoms with Gasteiger partial charge in [-0.2, -0.15) is 5.10 Å². The molecular weight excluding hydrogens is 202 g/mol. The summed E-state index contributed by atoms with van der Waals surface area (Å²) in [6.07, 6.45) is 7.52. The van der Waals surface area contributed by atoms with Crippen LogP contribution in [0.1, 0.15) is 19.3 Å². The molecule has 4 heteroatoms. The van der Waals surface area contributed by atoms with Gasteiger partial charge in [0.25, 0.3) is 0 Å². The van der Waals surface area contributed by atoms with Crippen LogP contribution in [0.3, 0.4) is 0 Å². The predicted molar refractivity (Wildman–Crippen MR) is 63.0 cm³/mol. The zero-order chi connectivity index (χ0) is 11.2. The number of aliphatic hydroxyl groups is 1. The highest BCUT2D eigenvalue weighted by molar-refractivity contribution is 4.79. The van der Waals surface area contributed by atoms with Crippen LogP contribution in [0.25, 0.3) is 0 Å². The van der Waals surface area contributed by atoms with Crippen LogP contribution >= 0.6 is 0 Å². The third kappa shape index (κ3) is 3.06. The second-order valence-corrected chi connectivity index (χ2v) is 4.61. The Morgan fingerprint density at radius 3 is 3.00 bits per heavy atom. The average molecular weight is 223 g/mol. The Morgan fingerprint density at radius 2 is 2.25 bits per heavy atom. The zero-order valence-electron chi connectivity index (χ0n) is 9.68. The highest BCUT2D eigenvalue weighted by Gasteiger charge is 2.25. The molecule has 0 saturated heterocycles. The summed E-state index contributed by atoms with van der Waals surface area (Å²) in [6.45, 7) is 3.26. The van der Waals surface area contributed by atoms with Crippen molar-refractivity contribution >= 4 is 0 Å². The molecule has 2 unspecified atom stereocenters. The zero-order valence-corrected chi connectivity index (χ0v) is 9.68. The quantitative estimate of drug-likeness (QED) is 0.704. The number of nitrogens with one attached hydrogen (secondary N) is 1. The summed E-state index contributed by atoms with van der Waals surface area (Å²) in [6, 6.07) is 1.94. The summed E-state index contributed by atoms with van der Waals surface area (Å²) < 4.78 is 1.94. The van der Waals surface area contributed by atoms with E-state index in [2.05, 4.69) is 10.4 Å². The summed E-state index contributed by atoms with van der Waals surface area (Å²) in [4.78, 5) is 0. The lowest BCUT2D eigenvalue weighted by Gasteiger charge is -2.17. The fraction of sp³-hybridized carbons (Fsp3) is 0.750. The first-order chi connectivity index (χ1) is 7.90. The van der Waals surface area contributed by atoms with Crippen LogP contribution < -0.4 is 5.32 Å². The molecule has 1 saturated carbocycles. The molecular formula is C12H21N3O. The van der Waals surface area contributed by atoms with Crippen molar-refractivity contribution in [3.8, 4) is 0 Å². The van der Waals surface area contributed by atoms with Crippen LogP contribution in [-0.2, 0) is 6.54 Å². The normalized spacial score (nSPS) is 25.1. The van der Waals surface area contributed by atoms with Crippen LogP contribution in [0.2, 0.25) is 0 Å². The summed E-state index contributed by atoms with van der Waals surface area (Å²) in [5, 5.41) is 16.8. The Bertz CT molecular complexity index is 286. The smallest absolute Gasteiger partial charge is 0.0533 e. The number of hydrogen-bond donors (Lipinski definition) is 2. The summed E-state index contributed by atoms with van der Waals surface area (Å²) >= 11 is 0. The standard InChI is InChI=1S/C12H21N3O/c16-10-12-4-1-3-11(12)9-13-6-8-15-7-2-5-14-15/h2,5,7,11-13,16H,1,3-4,6,8-10H2. The molecule has 0 bridgehead atoms. The summed E-state index contributed by atoms with van der Waals surface area (Å²) in [7, 11) is 0. The van der Waals surface area contributed by atoms with Gasteiger partial charge in [0.1, 0.15) is 0 Å². The lowest BCUT2D eigenvalue weighted by molar-refractivity contribution is 0.192. The van der Waals surface area contributed by atoms with Crippen LogP contribution in [-0.4, -0.2) is 34.6 Å². The van der Waals surface area contributed by atoms with Gasteiger partial charge in [-0.25, -0.2) is 0 Å². The Kier molecular flexibility index (Phi) is 4.36. The lowest BCUT2D eigenvalue weighted by Crippen LogP contribution is -2.29. The van der Waals surface area contributed by atoms with Crippen molar-refractivity contribution in [1.82, 2.24) is 15.1 Å². The van der Waals surface area contributed by atoms with E-state index in [4.69, 9.17) is 0 Å². The maximum Gasteiger partial charge on any atom is 0.0533 e. The molecule has 0 amide bonds. The SMILES string of the molecule is OCC1CCCC1CNCCn1cccn1. The molecule has 4 nitrogen and oxygen atoms in total. The first-order valence-corrected chi connectivity index (χ1v) is 6.19. The van der Waals surface area contributed by atoms with Crippen molar-refractivity contribution < 1.29 is 5.11 Å².